The predicted molar refractivity (Wildman–Crippen MR) is 86.3 cm³/mol. The molecule has 0 radical (unpaired) electrons. The van der Waals surface area contributed by atoms with Crippen molar-refractivity contribution in [3.05, 3.63) is 30.5 Å². The summed E-state index contributed by atoms with van der Waals surface area (Å²) in [5.41, 5.74) is 0.692. The second-order valence-corrected chi connectivity index (χ2v) is 9.15. The quantitative estimate of drug-likeness (QED) is 0.299. The fraction of sp³-hybridized carbons (Fsp3) is 0.333. The Hall–Kier alpha value is -1.38. The number of nitrogens with zero attached hydrogens (tertiary/aromatic N) is 2. The lowest BCUT2D eigenvalue weighted by Crippen LogP contribution is -2.29. The number of rotatable bonds is 7. The molecular formula is C12H17N3O7P2. The van der Waals surface area contributed by atoms with Crippen LogP contribution in [0.2, 0.25) is 0 Å². The maximum absolute atomic E-state index is 11.2. The van der Waals surface area contributed by atoms with Crippen molar-refractivity contribution in [1.82, 2.24) is 9.97 Å². The van der Waals surface area contributed by atoms with E-state index in [0.29, 0.717) is 5.52 Å². The zero-order chi connectivity index (χ0) is 18.0. The summed E-state index contributed by atoms with van der Waals surface area (Å²) < 4.78 is 22.4. The molecule has 24 heavy (non-hydrogen) atoms. The molecule has 1 aromatic carbocycles. The van der Waals surface area contributed by atoms with Gasteiger partial charge in [-0.15, -0.1) is 0 Å². The molecule has 0 saturated heterocycles. The Morgan fingerprint density at radius 3 is 2.33 bits per heavy atom. The smallest absolute Gasteiger partial charge is 0.368 e. The molecule has 10 nitrogen and oxygen atoms in total. The van der Waals surface area contributed by atoms with Crippen LogP contribution >= 0.6 is 15.2 Å². The average molecular weight is 377 g/mol. The highest BCUT2D eigenvalue weighted by molar-refractivity contribution is 7.72. The molecule has 2 aromatic rings. The molecule has 0 atom stereocenters. The van der Waals surface area contributed by atoms with Gasteiger partial charge in [-0.1, -0.05) is 18.2 Å². The van der Waals surface area contributed by atoms with E-state index >= 15 is 0 Å². The Balaban J connectivity index is 2.00. The van der Waals surface area contributed by atoms with Crippen LogP contribution in [0.5, 0.6) is 0 Å². The standard InChI is InChI=1S/C12H17N3O7P2/c16-12(23(17,18)19,24(20,21)22)6-3-7-13-11-14-8-9-4-1-2-5-10(9)15-11/h1-2,4-5,8,16H,3,6-7H2,(H,13,14,15)(H2,17,18,19)(H2,20,21,22). The van der Waals surface area contributed by atoms with Gasteiger partial charge >= 0.3 is 15.2 Å². The van der Waals surface area contributed by atoms with Crippen molar-refractivity contribution in [1.29, 1.82) is 0 Å². The van der Waals surface area contributed by atoms with E-state index in [0.717, 1.165) is 5.39 Å². The monoisotopic (exact) mass is 377 g/mol. The first-order valence-corrected chi connectivity index (χ1v) is 10.1. The van der Waals surface area contributed by atoms with Crippen LogP contribution in [0.1, 0.15) is 12.8 Å². The van der Waals surface area contributed by atoms with Crippen LogP contribution in [-0.4, -0.2) is 46.3 Å². The lowest BCUT2D eigenvalue weighted by Gasteiger charge is -2.29. The number of fused-ring (bicyclic) bond motifs is 1. The highest BCUT2D eigenvalue weighted by atomic mass is 31.2. The van der Waals surface area contributed by atoms with Crippen molar-refractivity contribution in [2.45, 2.75) is 17.9 Å². The first kappa shape index (κ1) is 19.0. The fourth-order valence-corrected chi connectivity index (χ4v) is 4.30. The number of aromatic nitrogens is 2. The predicted octanol–water partition coefficient (Wildman–Crippen LogP) is 0.823. The summed E-state index contributed by atoms with van der Waals surface area (Å²) in [5.74, 6) is 0.254. The van der Waals surface area contributed by atoms with E-state index in [4.69, 9.17) is 19.6 Å². The van der Waals surface area contributed by atoms with Crippen LogP contribution in [0, 0.1) is 0 Å². The molecule has 2 rings (SSSR count). The molecular weight excluding hydrogens is 360 g/mol. The molecule has 12 heteroatoms. The van der Waals surface area contributed by atoms with Gasteiger partial charge in [-0.05, 0) is 12.5 Å². The minimum Gasteiger partial charge on any atom is -0.368 e. The van der Waals surface area contributed by atoms with Crippen molar-refractivity contribution >= 4 is 32.0 Å². The summed E-state index contributed by atoms with van der Waals surface area (Å²) in [7, 11) is -10.8. The van der Waals surface area contributed by atoms with E-state index in [-0.39, 0.29) is 18.9 Å². The summed E-state index contributed by atoms with van der Waals surface area (Å²) in [6, 6.07) is 7.25. The molecule has 0 aliphatic carbocycles. The van der Waals surface area contributed by atoms with Gasteiger partial charge in [-0.3, -0.25) is 9.13 Å². The Labute approximate surface area is 136 Å². The highest BCUT2D eigenvalue weighted by Gasteiger charge is 2.58. The van der Waals surface area contributed by atoms with Crippen LogP contribution in [0.4, 0.5) is 5.95 Å². The van der Waals surface area contributed by atoms with Crippen LogP contribution in [0.15, 0.2) is 30.5 Å². The zero-order valence-electron chi connectivity index (χ0n) is 12.3. The van der Waals surface area contributed by atoms with Crippen molar-refractivity contribution in [3.8, 4) is 0 Å². The Morgan fingerprint density at radius 2 is 1.71 bits per heavy atom. The third-order valence-corrected chi connectivity index (χ3v) is 7.27. The van der Waals surface area contributed by atoms with E-state index in [1.165, 1.54) is 0 Å². The molecule has 1 heterocycles. The SMILES string of the molecule is O=P(O)(O)C(O)(CCCNc1ncc2ccccc2n1)P(=O)(O)O. The topological polar surface area (TPSA) is 173 Å². The fourth-order valence-electron chi connectivity index (χ4n) is 2.04. The normalized spacial score (nSPS) is 13.2. The van der Waals surface area contributed by atoms with E-state index in [1.54, 1.807) is 18.3 Å². The summed E-state index contributed by atoms with van der Waals surface area (Å²) in [4.78, 5) is 44.4. The van der Waals surface area contributed by atoms with Gasteiger partial charge in [0.2, 0.25) is 5.95 Å². The van der Waals surface area contributed by atoms with Crippen LogP contribution in [0.25, 0.3) is 10.9 Å². The molecule has 0 bridgehead atoms. The van der Waals surface area contributed by atoms with Crippen LogP contribution in [-0.2, 0) is 9.13 Å². The number of hydrogen-bond donors (Lipinski definition) is 6. The number of benzene rings is 1. The minimum atomic E-state index is -5.42. The molecule has 132 valence electrons. The van der Waals surface area contributed by atoms with Crippen molar-refractivity contribution in [2.75, 3.05) is 11.9 Å². The van der Waals surface area contributed by atoms with E-state index in [9.17, 15) is 14.2 Å². The van der Waals surface area contributed by atoms with Crippen molar-refractivity contribution < 1.29 is 33.8 Å². The van der Waals surface area contributed by atoms with Crippen LogP contribution in [0.3, 0.4) is 0 Å². The van der Waals surface area contributed by atoms with Crippen molar-refractivity contribution in [2.24, 2.45) is 0 Å². The van der Waals surface area contributed by atoms with Gasteiger partial charge in [0.25, 0.3) is 5.08 Å². The second-order valence-electron chi connectivity index (χ2n) is 5.15. The van der Waals surface area contributed by atoms with Gasteiger partial charge in [0.05, 0.1) is 5.52 Å². The van der Waals surface area contributed by atoms with E-state index in [1.807, 2.05) is 12.1 Å². The highest BCUT2D eigenvalue weighted by Crippen LogP contribution is 2.69. The van der Waals surface area contributed by atoms with Gasteiger partial charge in [-0.25, -0.2) is 9.97 Å². The Kier molecular flexibility index (Phi) is 5.41. The number of para-hydroxylation sites is 1. The zero-order valence-corrected chi connectivity index (χ0v) is 14.1. The van der Waals surface area contributed by atoms with Crippen LogP contribution < -0.4 is 5.32 Å². The molecule has 0 saturated carbocycles. The minimum absolute atomic E-state index is 0.0562. The first-order chi connectivity index (χ1) is 11.0. The van der Waals surface area contributed by atoms with Gasteiger partial charge in [0, 0.05) is 24.5 Å². The van der Waals surface area contributed by atoms with Crippen molar-refractivity contribution in [3.63, 3.8) is 0 Å². The molecule has 0 amide bonds. The number of anilines is 1. The van der Waals surface area contributed by atoms with Gasteiger partial charge in [-0.2, -0.15) is 0 Å². The van der Waals surface area contributed by atoms with E-state index in [2.05, 4.69) is 15.3 Å². The molecule has 0 aliphatic heterocycles. The Bertz CT molecular complexity index is 797. The first-order valence-electron chi connectivity index (χ1n) is 6.84. The molecule has 1 aromatic heterocycles. The van der Waals surface area contributed by atoms with E-state index < -0.39 is 26.7 Å². The summed E-state index contributed by atoms with van der Waals surface area (Å²) in [6.45, 7) is 0.0562. The third kappa shape index (κ3) is 3.99. The lowest BCUT2D eigenvalue weighted by molar-refractivity contribution is 0.122. The molecule has 0 unspecified atom stereocenters. The third-order valence-electron chi connectivity index (χ3n) is 3.39. The number of aliphatic hydroxyl groups is 1. The molecule has 0 aliphatic rings. The Morgan fingerprint density at radius 1 is 1.08 bits per heavy atom. The molecule has 0 fully saturated rings. The average Bonchev–Trinajstić information content (AvgIpc) is 2.49. The van der Waals surface area contributed by atoms with Gasteiger partial charge < -0.3 is 30.0 Å². The summed E-state index contributed by atoms with van der Waals surface area (Å²) >= 11 is 0. The molecule has 6 N–H and O–H groups in total. The molecule has 0 spiro atoms. The summed E-state index contributed by atoms with van der Waals surface area (Å²) in [5, 5.41) is 9.95. The second kappa shape index (κ2) is 6.85. The maximum Gasteiger partial charge on any atom is 0.369 e. The summed E-state index contributed by atoms with van der Waals surface area (Å²) in [6.07, 6.45) is 0.678. The maximum atomic E-state index is 11.2. The number of hydrogen-bond acceptors (Lipinski definition) is 6. The van der Waals surface area contributed by atoms with Gasteiger partial charge in [0.15, 0.2) is 0 Å². The largest absolute Gasteiger partial charge is 0.369 e. The van der Waals surface area contributed by atoms with Gasteiger partial charge in [0.1, 0.15) is 0 Å². The number of nitrogens with one attached hydrogen (secondary N) is 1. The lowest BCUT2D eigenvalue weighted by atomic mass is 10.2.